The zero-order valence-corrected chi connectivity index (χ0v) is 73.6. The van der Waals surface area contributed by atoms with E-state index in [1.165, 1.54) is 0 Å². The van der Waals surface area contributed by atoms with E-state index in [2.05, 4.69) is 225 Å². The van der Waals surface area contributed by atoms with Gasteiger partial charge in [0, 0.05) is 39.3 Å². The Labute approximate surface area is 643 Å². The summed E-state index contributed by atoms with van der Waals surface area (Å²) in [6, 6.07) is 16.6. The number of rotatable bonds is 17. The Morgan fingerprint density at radius 1 is 0.250 bits per heavy atom. The Bertz CT molecular complexity index is 2630. The molecule has 100 heavy (non-hydrogen) atoms. The molecule has 0 aromatic heterocycles. The SMILES string of the molecule is CC(C)(C)C[O-].CC(C)(C)C[O-].CC(C)(C)C[O-].CC(C)(C)C[O-].CC(C)(C)c1cc(CN(CCOCCOCCN(Cc2cc(C(C)(C)C)cc(C(C)(C)C)c2[O-])Cc2cc(C(C)(C)C)cc(C(C)(C)C)c2[O-])Cc2cc(C(C)(C)C)cc(C(C)(C)C)c2[O-])c([O-])c(C(C)(C)C)c1.[Ti+4].[Ti+4]. The molecule has 0 amide bonds. The van der Waals surface area contributed by atoms with E-state index in [0.717, 1.165) is 66.8 Å². The minimum atomic E-state index is -0.346. The number of hydrogen-bond acceptors (Lipinski definition) is 12. The molecule has 0 aliphatic carbocycles. The Morgan fingerprint density at radius 2 is 0.400 bits per heavy atom. The first kappa shape index (κ1) is 101. The molecule has 0 saturated carbocycles. The number of ether oxygens (including phenoxy) is 2. The summed E-state index contributed by atoms with van der Waals surface area (Å²) in [5, 5.41) is 97.1. The van der Waals surface area contributed by atoms with Crippen LogP contribution in [0.3, 0.4) is 0 Å². The summed E-state index contributed by atoms with van der Waals surface area (Å²) in [5.74, 6) is 0.189. The molecule has 0 aliphatic heterocycles. The van der Waals surface area contributed by atoms with Crippen molar-refractivity contribution in [2.24, 2.45) is 21.7 Å². The number of benzene rings is 4. The van der Waals surface area contributed by atoms with Gasteiger partial charge in [-0.3, -0.25) is 9.80 Å². The van der Waals surface area contributed by atoms with Gasteiger partial charge in [-0.1, -0.05) is 319 Å². The first-order chi connectivity index (χ1) is 43.6. The fourth-order valence-corrected chi connectivity index (χ4v) is 9.29. The van der Waals surface area contributed by atoms with Gasteiger partial charge in [0.2, 0.25) is 0 Å². The molecular formula is C86H144N2O10Ti2. The summed E-state index contributed by atoms with van der Waals surface area (Å²) in [6.45, 7) is 78.4. The summed E-state index contributed by atoms with van der Waals surface area (Å²) < 4.78 is 12.6. The van der Waals surface area contributed by atoms with Crippen LogP contribution >= 0.6 is 0 Å². The molecule has 566 valence electrons. The van der Waals surface area contributed by atoms with Gasteiger partial charge < -0.3 is 50.3 Å². The van der Waals surface area contributed by atoms with Crippen LogP contribution in [-0.4, -0.2) is 75.7 Å². The van der Waals surface area contributed by atoms with Crippen LogP contribution < -0.4 is 40.9 Å². The third-order valence-corrected chi connectivity index (χ3v) is 16.1. The van der Waals surface area contributed by atoms with Crippen molar-refractivity contribution in [3.8, 4) is 23.0 Å². The fourth-order valence-electron chi connectivity index (χ4n) is 9.29. The Morgan fingerprint density at radius 3 is 0.520 bits per heavy atom. The van der Waals surface area contributed by atoms with E-state index in [4.69, 9.17) is 9.47 Å². The van der Waals surface area contributed by atoms with Gasteiger partial charge in [-0.15, -0.1) is 49.4 Å². The summed E-state index contributed by atoms with van der Waals surface area (Å²) in [4.78, 5) is 4.38. The van der Waals surface area contributed by atoms with Gasteiger partial charge >= 0.3 is 43.4 Å². The molecule has 12 nitrogen and oxygen atoms in total. The van der Waals surface area contributed by atoms with E-state index in [9.17, 15) is 40.9 Å². The van der Waals surface area contributed by atoms with Crippen LogP contribution in [0.4, 0.5) is 0 Å². The maximum absolute atomic E-state index is 14.3. The molecule has 4 aromatic rings. The van der Waals surface area contributed by atoms with E-state index in [0.29, 0.717) is 65.7 Å². The van der Waals surface area contributed by atoms with Gasteiger partial charge in [0.15, 0.2) is 0 Å². The van der Waals surface area contributed by atoms with Crippen molar-refractivity contribution < 1.29 is 93.8 Å². The molecule has 0 heterocycles. The van der Waals surface area contributed by atoms with Crippen molar-refractivity contribution >= 4 is 0 Å². The number of hydrogen-bond donors (Lipinski definition) is 0. The molecule has 0 aliphatic rings. The van der Waals surface area contributed by atoms with Gasteiger partial charge in [-0.2, -0.15) is 0 Å². The van der Waals surface area contributed by atoms with E-state index >= 15 is 0 Å². The third-order valence-electron chi connectivity index (χ3n) is 16.1. The van der Waals surface area contributed by atoms with Crippen LogP contribution in [0.15, 0.2) is 48.5 Å². The second-order valence-corrected chi connectivity index (χ2v) is 40.5. The van der Waals surface area contributed by atoms with Crippen LogP contribution in [0.5, 0.6) is 23.0 Å². The molecule has 0 N–H and O–H groups in total. The molecular weight excluding hydrogens is 1320 g/mol. The molecule has 0 bridgehead atoms. The molecule has 0 saturated heterocycles. The average Bonchev–Trinajstić information content (AvgIpc) is 0.800. The van der Waals surface area contributed by atoms with Crippen molar-refractivity contribution in [3.05, 3.63) is 115 Å². The molecule has 0 radical (unpaired) electrons. The van der Waals surface area contributed by atoms with Crippen LogP contribution in [0.25, 0.3) is 0 Å². The van der Waals surface area contributed by atoms with E-state index < -0.39 is 0 Å². The van der Waals surface area contributed by atoms with Gasteiger partial charge in [0.05, 0.1) is 26.4 Å². The molecule has 0 fully saturated rings. The smallest absolute Gasteiger partial charge is 0.872 e. The minimum Gasteiger partial charge on any atom is -0.872 e. The summed E-state index contributed by atoms with van der Waals surface area (Å²) in [5.41, 5.74) is 8.39. The van der Waals surface area contributed by atoms with E-state index in [-0.39, 0.29) is 158 Å². The Kier molecular flexibility index (Phi) is 40.8. The summed E-state index contributed by atoms with van der Waals surface area (Å²) in [7, 11) is 0. The predicted molar refractivity (Wildman–Crippen MR) is 400 cm³/mol. The summed E-state index contributed by atoms with van der Waals surface area (Å²) >= 11 is 0. The van der Waals surface area contributed by atoms with Crippen LogP contribution in [0.1, 0.15) is 316 Å². The first-order valence-electron chi connectivity index (χ1n) is 36.0. The van der Waals surface area contributed by atoms with Crippen molar-refractivity contribution in [1.29, 1.82) is 0 Å². The van der Waals surface area contributed by atoms with Gasteiger partial charge in [-0.25, -0.2) is 0 Å². The molecule has 4 rings (SSSR count). The average molecular weight is 1460 g/mol. The second-order valence-electron chi connectivity index (χ2n) is 40.5. The van der Waals surface area contributed by atoms with Crippen molar-refractivity contribution in [3.63, 3.8) is 0 Å². The summed E-state index contributed by atoms with van der Waals surface area (Å²) in [6.07, 6.45) is 0. The zero-order chi connectivity index (χ0) is 77.4. The van der Waals surface area contributed by atoms with E-state index in [1.54, 1.807) is 0 Å². The van der Waals surface area contributed by atoms with Crippen molar-refractivity contribution in [2.75, 3.05) is 65.9 Å². The van der Waals surface area contributed by atoms with Crippen LogP contribution in [-0.2, 0) is 122 Å². The quantitative estimate of drug-likeness (QED) is 0.0714. The zero-order valence-electron chi connectivity index (χ0n) is 70.5. The topological polar surface area (TPSA) is 209 Å². The predicted octanol–water partition coefficient (Wildman–Crippen LogP) is 14.7. The van der Waals surface area contributed by atoms with Gasteiger partial charge in [-0.05, 0) is 110 Å². The molecule has 14 heteroatoms. The molecule has 4 aromatic carbocycles. The molecule has 0 unspecified atom stereocenters. The first-order valence-corrected chi connectivity index (χ1v) is 36.0. The fraction of sp³-hybridized carbons (Fsp3) is 0.721. The van der Waals surface area contributed by atoms with Crippen molar-refractivity contribution in [2.45, 2.75) is 319 Å². The van der Waals surface area contributed by atoms with Crippen LogP contribution in [0, 0.1) is 21.7 Å². The largest absolute Gasteiger partial charge is 4.00 e. The van der Waals surface area contributed by atoms with Gasteiger partial charge in [0.1, 0.15) is 0 Å². The van der Waals surface area contributed by atoms with Crippen molar-refractivity contribution in [1.82, 2.24) is 9.80 Å². The molecule has 0 spiro atoms. The Balaban J connectivity index is -0.00000308. The normalized spacial score (nSPS) is 13.0. The van der Waals surface area contributed by atoms with Gasteiger partial charge in [0.25, 0.3) is 0 Å². The number of nitrogens with zero attached hydrogens (tertiary/aromatic N) is 2. The standard InChI is InChI=1S/C66H104N2O6.4C5H11O.2Ti/c1-59(2,3)47-31-43(55(69)51(35-47)63(13,14)15)39-67(40-44-32-48(60(4,5)6)36-52(56(44)70)64(16,17)18)25-27-73-29-30-74-28-26-68(41-45-33-49(61(7,8)9)37-53(57(45)71)65(19,20)21)42-46-34-50(62(10,11)12)38-54(58(46)72)66(22,23)24;4*1-5(2,3)4-6;;/h31-38,69-72H,25-30,39-42H2,1-24H3;4*4H2,1-3H3;;/q;4*-1;2*+4/p-4. The molecule has 0 atom stereocenters. The van der Waals surface area contributed by atoms with Crippen LogP contribution in [0.2, 0.25) is 0 Å². The second kappa shape index (κ2) is 40.2. The monoisotopic (exact) mass is 1460 g/mol. The third kappa shape index (κ3) is 38.5. The Hall–Kier alpha value is -2.81. The maximum Gasteiger partial charge on any atom is 4.00 e. The van der Waals surface area contributed by atoms with E-state index in [1.807, 2.05) is 83.1 Å². The minimum absolute atomic E-state index is 0. The maximum atomic E-state index is 14.3.